The van der Waals surface area contributed by atoms with E-state index in [9.17, 15) is 21.6 Å². The first-order valence-corrected chi connectivity index (χ1v) is 13.7. The number of halogens is 4. The fraction of sp³-hybridized carbons (Fsp3) is 0.308. The molecule has 1 heterocycles. The molecule has 0 aromatic heterocycles. The summed E-state index contributed by atoms with van der Waals surface area (Å²) in [5.41, 5.74) is 0.482. The summed E-state index contributed by atoms with van der Waals surface area (Å²) in [6, 6.07) is 21.0. The quantitative estimate of drug-likeness (QED) is 0.348. The number of nitrogens with zero attached hydrogens (tertiary/aromatic N) is 2. The van der Waals surface area contributed by atoms with E-state index in [-0.39, 0.29) is 11.5 Å². The molecular formula is C26H26BrF3N2O3S. The van der Waals surface area contributed by atoms with Crippen molar-refractivity contribution < 1.29 is 26.3 Å². The molecule has 192 valence electrons. The van der Waals surface area contributed by atoms with Gasteiger partial charge in [0.25, 0.3) is 0 Å². The van der Waals surface area contributed by atoms with Gasteiger partial charge in [0.2, 0.25) is 10.0 Å². The van der Waals surface area contributed by atoms with Crippen LogP contribution in [0.15, 0.2) is 88.2 Å². The Morgan fingerprint density at radius 2 is 1.53 bits per heavy atom. The molecule has 0 unspecified atom stereocenters. The minimum atomic E-state index is -4.44. The predicted octanol–water partition coefficient (Wildman–Crippen LogP) is 5.58. The van der Waals surface area contributed by atoms with Crippen LogP contribution in [0.3, 0.4) is 0 Å². The first-order valence-electron chi connectivity index (χ1n) is 11.5. The Bertz CT molecular complexity index is 1260. The van der Waals surface area contributed by atoms with Crippen LogP contribution in [0.2, 0.25) is 0 Å². The Morgan fingerprint density at radius 3 is 2.19 bits per heavy atom. The highest BCUT2D eigenvalue weighted by Gasteiger charge is 2.32. The maximum Gasteiger partial charge on any atom is 0.416 e. The van der Waals surface area contributed by atoms with E-state index in [4.69, 9.17) is 4.74 Å². The van der Waals surface area contributed by atoms with Gasteiger partial charge in [-0.15, -0.1) is 0 Å². The van der Waals surface area contributed by atoms with Crippen molar-refractivity contribution in [2.75, 3.05) is 39.3 Å². The second-order valence-corrected chi connectivity index (χ2v) is 11.3. The lowest BCUT2D eigenvalue weighted by Crippen LogP contribution is -2.49. The zero-order valence-electron chi connectivity index (χ0n) is 19.4. The van der Waals surface area contributed by atoms with Gasteiger partial charge in [-0.05, 0) is 41.5 Å². The number of ether oxygens (including phenoxy) is 1. The molecule has 0 radical (unpaired) electrons. The number of hydrogen-bond acceptors (Lipinski definition) is 4. The zero-order valence-corrected chi connectivity index (χ0v) is 21.8. The van der Waals surface area contributed by atoms with E-state index >= 15 is 0 Å². The molecule has 0 aliphatic carbocycles. The van der Waals surface area contributed by atoms with E-state index in [1.165, 1.54) is 10.4 Å². The summed E-state index contributed by atoms with van der Waals surface area (Å²) in [4.78, 5) is 2.35. The van der Waals surface area contributed by atoms with Crippen molar-refractivity contribution in [3.05, 3.63) is 100 Å². The van der Waals surface area contributed by atoms with Crippen molar-refractivity contribution in [3.8, 4) is 0 Å². The van der Waals surface area contributed by atoms with E-state index in [1.807, 2.05) is 30.3 Å². The van der Waals surface area contributed by atoms with Gasteiger partial charge in [0.1, 0.15) is 6.10 Å². The van der Waals surface area contributed by atoms with Crippen molar-refractivity contribution in [3.63, 3.8) is 0 Å². The lowest BCUT2D eigenvalue weighted by atomic mass is 9.99. The fourth-order valence-corrected chi connectivity index (χ4v) is 6.18. The molecule has 0 bridgehead atoms. The second-order valence-electron chi connectivity index (χ2n) is 8.49. The van der Waals surface area contributed by atoms with Crippen LogP contribution >= 0.6 is 15.9 Å². The Balaban J connectivity index is 1.38. The fourth-order valence-electron chi connectivity index (χ4n) is 4.16. The number of benzene rings is 3. The summed E-state index contributed by atoms with van der Waals surface area (Å²) in [6.07, 6.45) is -5.08. The molecule has 3 aromatic carbocycles. The normalized spacial score (nSPS) is 16.7. The average Bonchev–Trinajstić information content (AvgIpc) is 2.87. The van der Waals surface area contributed by atoms with Crippen LogP contribution in [-0.4, -0.2) is 57.0 Å². The molecule has 1 saturated heterocycles. The van der Waals surface area contributed by atoms with Crippen LogP contribution in [0.25, 0.3) is 0 Å². The first-order chi connectivity index (χ1) is 17.1. The Hall–Kier alpha value is -2.24. The minimum absolute atomic E-state index is 0.250. The highest BCUT2D eigenvalue weighted by atomic mass is 79.9. The van der Waals surface area contributed by atoms with Crippen LogP contribution < -0.4 is 0 Å². The van der Waals surface area contributed by atoms with Crippen molar-refractivity contribution in [2.24, 2.45) is 0 Å². The maximum atomic E-state index is 13.3. The molecule has 36 heavy (non-hydrogen) atoms. The monoisotopic (exact) mass is 582 g/mol. The SMILES string of the molecule is O=S(=O)(c1cccc(Br)c1)N1CCN(CCO[C@H](c2ccccc2)c2cccc(C(F)(F)F)c2)CC1. The molecule has 5 nitrogen and oxygen atoms in total. The maximum absolute atomic E-state index is 13.3. The van der Waals surface area contributed by atoms with Gasteiger partial charge in [-0.25, -0.2) is 8.42 Å². The van der Waals surface area contributed by atoms with Crippen molar-refractivity contribution in [2.45, 2.75) is 17.2 Å². The van der Waals surface area contributed by atoms with Gasteiger partial charge in [0.15, 0.2) is 0 Å². The average molecular weight is 583 g/mol. The number of hydrogen-bond donors (Lipinski definition) is 0. The summed E-state index contributed by atoms with van der Waals surface area (Å²) in [6.45, 7) is 2.60. The lowest BCUT2D eigenvalue weighted by molar-refractivity contribution is -0.137. The van der Waals surface area contributed by atoms with Crippen LogP contribution in [0.1, 0.15) is 22.8 Å². The van der Waals surface area contributed by atoms with Crippen LogP contribution in [0, 0.1) is 0 Å². The number of piperazine rings is 1. The van der Waals surface area contributed by atoms with Crippen LogP contribution in [0.5, 0.6) is 0 Å². The van der Waals surface area contributed by atoms with Gasteiger partial charge >= 0.3 is 6.18 Å². The molecule has 3 aromatic rings. The molecule has 0 amide bonds. The third-order valence-corrected chi connectivity index (χ3v) is 8.46. The summed E-state index contributed by atoms with van der Waals surface area (Å²) < 4.78 is 74.0. The van der Waals surface area contributed by atoms with Crippen molar-refractivity contribution in [1.29, 1.82) is 0 Å². The van der Waals surface area contributed by atoms with Gasteiger partial charge in [0, 0.05) is 37.2 Å². The molecule has 1 aliphatic heterocycles. The Labute approximate surface area is 217 Å². The molecule has 10 heteroatoms. The Kier molecular flexibility index (Phi) is 8.52. The summed E-state index contributed by atoms with van der Waals surface area (Å²) >= 11 is 3.31. The highest BCUT2D eigenvalue weighted by Crippen LogP contribution is 2.33. The minimum Gasteiger partial charge on any atom is -0.367 e. The third kappa shape index (κ3) is 6.54. The van der Waals surface area contributed by atoms with E-state index < -0.39 is 27.9 Å². The van der Waals surface area contributed by atoms with Crippen molar-refractivity contribution in [1.82, 2.24) is 9.21 Å². The van der Waals surface area contributed by atoms with Gasteiger partial charge in [-0.2, -0.15) is 17.5 Å². The molecule has 0 saturated carbocycles. The topological polar surface area (TPSA) is 49.9 Å². The number of alkyl halides is 3. The van der Waals surface area contributed by atoms with Gasteiger partial charge in [-0.3, -0.25) is 4.90 Å². The second kappa shape index (κ2) is 11.4. The van der Waals surface area contributed by atoms with E-state index in [0.29, 0.717) is 42.8 Å². The molecule has 4 rings (SSSR count). The van der Waals surface area contributed by atoms with E-state index in [1.54, 1.807) is 30.3 Å². The standard InChI is InChI=1S/C26H26BrF3N2O3S/c27-23-10-5-11-24(19-23)36(33,34)32-14-12-31(13-15-32)16-17-35-25(20-6-2-1-3-7-20)21-8-4-9-22(18-21)26(28,29)30/h1-11,18-19,25H,12-17H2/t25-/m1/s1. The van der Waals surface area contributed by atoms with Crippen molar-refractivity contribution >= 4 is 26.0 Å². The van der Waals surface area contributed by atoms with E-state index in [0.717, 1.165) is 17.7 Å². The summed E-state index contributed by atoms with van der Waals surface area (Å²) in [7, 11) is -3.58. The number of sulfonamides is 1. The summed E-state index contributed by atoms with van der Waals surface area (Å²) in [5, 5.41) is 0. The molecule has 0 N–H and O–H groups in total. The highest BCUT2D eigenvalue weighted by molar-refractivity contribution is 9.10. The molecule has 0 spiro atoms. The largest absolute Gasteiger partial charge is 0.416 e. The molecular weight excluding hydrogens is 557 g/mol. The van der Waals surface area contributed by atoms with Gasteiger partial charge in [-0.1, -0.05) is 64.5 Å². The smallest absolute Gasteiger partial charge is 0.367 e. The molecule has 1 aliphatic rings. The Morgan fingerprint density at radius 1 is 0.861 bits per heavy atom. The predicted molar refractivity (Wildman–Crippen MR) is 135 cm³/mol. The summed E-state index contributed by atoms with van der Waals surface area (Å²) in [5.74, 6) is 0. The molecule has 1 atom stereocenters. The van der Waals surface area contributed by atoms with Gasteiger partial charge in [0.05, 0.1) is 17.1 Å². The molecule has 1 fully saturated rings. The third-order valence-electron chi connectivity index (χ3n) is 6.08. The lowest BCUT2D eigenvalue weighted by Gasteiger charge is -2.34. The number of rotatable bonds is 8. The zero-order chi connectivity index (χ0) is 25.8. The van der Waals surface area contributed by atoms with Gasteiger partial charge < -0.3 is 4.74 Å². The van der Waals surface area contributed by atoms with Crippen LogP contribution in [0.4, 0.5) is 13.2 Å². The van der Waals surface area contributed by atoms with Crippen LogP contribution in [-0.2, 0) is 20.9 Å². The van der Waals surface area contributed by atoms with E-state index in [2.05, 4.69) is 20.8 Å². The first kappa shape index (κ1) is 26.8.